The van der Waals surface area contributed by atoms with Gasteiger partial charge in [-0.25, -0.2) is 0 Å². The Kier molecular flexibility index (Phi) is 2.86. The van der Waals surface area contributed by atoms with Crippen molar-refractivity contribution >= 4 is 6.29 Å². The molecule has 0 aliphatic heterocycles. The summed E-state index contributed by atoms with van der Waals surface area (Å²) in [5.41, 5.74) is 2.93. The number of benzene rings is 1. The summed E-state index contributed by atoms with van der Waals surface area (Å²) in [6.07, 6.45) is 0.652. The number of aldehydes is 1. The Balaban J connectivity index is 2.30. The molecule has 0 saturated heterocycles. The van der Waals surface area contributed by atoms with Crippen LogP contribution in [0, 0.1) is 0 Å². The van der Waals surface area contributed by atoms with Gasteiger partial charge in [0.05, 0.1) is 0 Å². The lowest BCUT2D eigenvalue weighted by atomic mass is 10.0. The monoisotopic (exact) mass is 215 g/mol. The van der Waals surface area contributed by atoms with Gasteiger partial charge in [-0.1, -0.05) is 43.3 Å². The Bertz CT molecular complexity index is 483. The summed E-state index contributed by atoms with van der Waals surface area (Å²) in [5, 5.41) is 3.83. The summed E-state index contributed by atoms with van der Waals surface area (Å²) in [5.74, 6) is 0.764. The van der Waals surface area contributed by atoms with Crippen LogP contribution in [0.25, 0.3) is 11.3 Å². The van der Waals surface area contributed by atoms with Gasteiger partial charge in [-0.3, -0.25) is 4.79 Å². The lowest BCUT2D eigenvalue weighted by Crippen LogP contribution is -1.86. The lowest BCUT2D eigenvalue weighted by molar-refractivity contribution is 0.109. The maximum Gasteiger partial charge on any atom is 0.199 e. The van der Waals surface area contributed by atoms with Gasteiger partial charge in [0.25, 0.3) is 0 Å². The zero-order valence-electron chi connectivity index (χ0n) is 9.31. The fourth-order valence-corrected chi connectivity index (χ4v) is 1.52. The average Bonchev–Trinajstić information content (AvgIpc) is 2.77. The minimum atomic E-state index is 0.253. The second-order valence-corrected chi connectivity index (χ2v) is 4.01. The van der Waals surface area contributed by atoms with E-state index in [0.29, 0.717) is 17.9 Å². The first-order chi connectivity index (χ1) is 7.70. The van der Waals surface area contributed by atoms with Crippen LogP contribution in [0.4, 0.5) is 0 Å². The molecule has 3 nitrogen and oxygen atoms in total. The van der Waals surface area contributed by atoms with E-state index in [4.69, 9.17) is 4.52 Å². The molecule has 2 aromatic rings. The third-order valence-corrected chi connectivity index (χ3v) is 2.52. The van der Waals surface area contributed by atoms with E-state index in [2.05, 4.69) is 31.1 Å². The Morgan fingerprint density at radius 1 is 1.25 bits per heavy atom. The van der Waals surface area contributed by atoms with Crippen molar-refractivity contribution in [3.05, 3.63) is 41.7 Å². The highest BCUT2D eigenvalue weighted by atomic mass is 16.5. The molecule has 1 aromatic carbocycles. The van der Waals surface area contributed by atoms with Crippen molar-refractivity contribution in [1.29, 1.82) is 0 Å². The molecule has 1 heterocycles. The second-order valence-electron chi connectivity index (χ2n) is 4.01. The zero-order valence-corrected chi connectivity index (χ0v) is 9.31. The van der Waals surface area contributed by atoms with E-state index in [0.717, 1.165) is 5.56 Å². The minimum Gasteiger partial charge on any atom is -0.353 e. The second kappa shape index (κ2) is 4.31. The maximum atomic E-state index is 10.5. The standard InChI is InChI=1S/C13H13NO2/c1-9(2)10-3-5-11(6-4-10)13-7-12(8-15)16-14-13/h3-9H,1-2H3. The third kappa shape index (κ3) is 2.03. The van der Waals surface area contributed by atoms with Crippen LogP contribution >= 0.6 is 0 Å². The maximum absolute atomic E-state index is 10.5. The van der Waals surface area contributed by atoms with Crippen LogP contribution in [0.1, 0.15) is 35.9 Å². The molecular formula is C13H13NO2. The average molecular weight is 215 g/mol. The first kappa shape index (κ1) is 10.6. The van der Waals surface area contributed by atoms with Gasteiger partial charge in [0.1, 0.15) is 5.69 Å². The van der Waals surface area contributed by atoms with Crippen molar-refractivity contribution in [1.82, 2.24) is 5.16 Å². The predicted molar refractivity (Wildman–Crippen MR) is 61.4 cm³/mol. The van der Waals surface area contributed by atoms with Crippen LogP contribution in [-0.2, 0) is 0 Å². The molecule has 0 spiro atoms. The molecule has 1 aromatic heterocycles. The number of aromatic nitrogens is 1. The smallest absolute Gasteiger partial charge is 0.199 e. The number of hydrogen-bond acceptors (Lipinski definition) is 3. The molecule has 16 heavy (non-hydrogen) atoms. The number of carbonyl (C=O) groups is 1. The first-order valence-corrected chi connectivity index (χ1v) is 5.23. The fourth-order valence-electron chi connectivity index (χ4n) is 1.52. The van der Waals surface area contributed by atoms with Crippen LogP contribution in [-0.4, -0.2) is 11.4 Å². The summed E-state index contributed by atoms with van der Waals surface area (Å²) < 4.78 is 4.83. The van der Waals surface area contributed by atoms with Crippen LogP contribution in [0.2, 0.25) is 0 Å². The molecule has 0 aliphatic rings. The summed E-state index contributed by atoms with van der Waals surface area (Å²) in [6.45, 7) is 4.30. The molecule has 0 atom stereocenters. The van der Waals surface area contributed by atoms with Crippen molar-refractivity contribution in [3.63, 3.8) is 0 Å². The van der Waals surface area contributed by atoms with E-state index in [-0.39, 0.29) is 5.76 Å². The Hall–Kier alpha value is -1.90. The van der Waals surface area contributed by atoms with E-state index in [9.17, 15) is 4.79 Å². The van der Waals surface area contributed by atoms with E-state index >= 15 is 0 Å². The van der Waals surface area contributed by atoms with Gasteiger partial charge in [0.15, 0.2) is 12.0 Å². The topological polar surface area (TPSA) is 43.1 Å². The van der Waals surface area contributed by atoms with Gasteiger partial charge in [0, 0.05) is 11.6 Å². The molecule has 0 saturated carbocycles. The zero-order chi connectivity index (χ0) is 11.5. The quantitative estimate of drug-likeness (QED) is 0.738. The Morgan fingerprint density at radius 3 is 2.44 bits per heavy atom. The van der Waals surface area contributed by atoms with Crippen LogP contribution in [0.3, 0.4) is 0 Å². The fraction of sp³-hybridized carbons (Fsp3) is 0.231. The number of hydrogen-bond donors (Lipinski definition) is 0. The van der Waals surface area contributed by atoms with Crippen molar-refractivity contribution in [3.8, 4) is 11.3 Å². The highest BCUT2D eigenvalue weighted by Gasteiger charge is 2.06. The number of rotatable bonds is 3. The number of carbonyl (C=O) groups excluding carboxylic acids is 1. The first-order valence-electron chi connectivity index (χ1n) is 5.23. The van der Waals surface area contributed by atoms with Crippen molar-refractivity contribution < 1.29 is 9.32 Å². The highest BCUT2D eigenvalue weighted by molar-refractivity contribution is 5.73. The molecular weight excluding hydrogens is 202 g/mol. The summed E-state index contributed by atoms with van der Waals surface area (Å²) in [4.78, 5) is 10.5. The largest absolute Gasteiger partial charge is 0.353 e. The summed E-state index contributed by atoms with van der Waals surface area (Å²) in [7, 11) is 0. The van der Waals surface area contributed by atoms with Crippen molar-refractivity contribution in [2.75, 3.05) is 0 Å². The van der Waals surface area contributed by atoms with Gasteiger partial charge in [-0.2, -0.15) is 0 Å². The van der Waals surface area contributed by atoms with Crippen LogP contribution in [0.15, 0.2) is 34.9 Å². The molecule has 0 aliphatic carbocycles. The van der Waals surface area contributed by atoms with E-state index in [1.165, 1.54) is 5.56 Å². The Labute approximate surface area is 94.1 Å². The molecule has 0 radical (unpaired) electrons. The number of nitrogens with zero attached hydrogens (tertiary/aromatic N) is 1. The molecule has 0 fully saturated rings. The molecule has 0 bridgehead atoms. The van der Waals surface area contributed by atoms with Gasteiger partial charge < -0.3 is 4.52 Å². The Morgan fingerprint density at radius 2 is 1.94 bits per heavy atom. The molecule has 2 rings (SSSR count). The van der Waals surface area contributed by atoms with Gasteiger partial charge >= 0.3 is 0 Å². The molecule has 0 unspecified atom stereocenters. The van der Waals surface area contributed by atoms with Gasteiger partial charge in [-0.05, 0) is 11.5 Å². The molecule has 0 amide bonds. The SMILES string of the molecule is CC(C)c1ccc(-c2cc(C=O)on2)cc1. The van der Waals surface area contributed by atoms with E-state index < -0.39 is 0 Å². The molecule has 3 heteroatoms. The van der Waals surface area contributed by atoms with Crippen molar-refractivity contribution in [2.45, 2.75) is 19.8 Å². The predicted octanol–water partition coefficient (Wildman–Crippen LogP) is 3.28. The summed E-state index contributed by atoms with van der Waals surface area (Å²) >= 11 is 0. The van der Waals surface area contributed by atoms with E-state index in [1.807, 2.05) is 12.1 Å². The summed E-state index contributed by atoms with van der Waals surface area (Å²) in [6, 6.07) is 9.74. The normalized spacial score (nSPS) is 10.7. The van der Waals surface area contributed by atoms with Gasteiger partial charge in [0.2, 0.25) is 0 Å². The highest BCUT2D eigenvalue weighted by Crippen LogP contribution is 2.21. The van der Waals surface area contributed by atoms with Gasteiger partial charge in [-0.15, -0.1) is 0 Å². The van der Waals surface area contributed by atoms with Crippen molar-refractivity contribution in [2.24, 2.45) is 0 Å². The minimum absolute atomic E-state index is 0.253. The van der Waals surface area contributed by atoms with E-state index in [1.54, 1.807) is 6.07 Å². The molecule has 82 valence electrons. The molecule has 0 N–H and O–H groups in total. The lowest BCUT2D eigenvalue weighted by Gasteiger charge is -2.04. The van der Waals surface area contributed by atoms with Crippen LogP contribution < -0.4 is 0 Å². The van der Waals surface area contributed by atoms with Crippen LogP contribution in [0.5, 0.6) is 0 Å². The third-order valence-electron chi connectivity index (χ3n) is 2.52.